The van der Waals surface area contributed by atoms with Crippen molar-refractivity contribution in [2.75, 3.05) is 13.1 Å². The van der Waals surface area contributed by atoms with Crippen LogP contribution in [-0.4, -0.2) is 24.2 Å². The minimum atomic E-state index is -0.588. The fraction of sp³-hybridized carbons (Fsp3) is 0.250. The summed E-state index contributed by atoms with van der Waals surface area (Å²) in [5.74, 6) is 1.61. The Morgan fingerprint density at radius 1 is 1.08 bits per heavy atom. The molecule has 0 saturated heterocycles. The molecule has 136 valence electrons. The van der Waals surface area contributed by atoms with E-state index in [4.69, 9.17) is 4.42 Å². The molecule has 6 heteroatoms. The molecule has 3 rings (SSSR count). The van der Waals surface area contributed by atoms with Crippen LogP contribution in [0.2, 0.25) is 0 Å². The summed E-state index contributed by atoms with van der Waals surface area (Å²) in [5.41, 5.74) is 0.883. The molecule has 0 amide bonds. The van der Waals surface area contributed by atoms with Gasteiger partial charge in [-0.1, -0.05) is 36.4 Å². The van der Waals surface area contributed by atoms with Crippen LogP contribution in [0.5, 0.6) is 0 Å². The number of guanidine groups is 1. The lowest BCUT2D eigenvalue weighted by molar-refractivity contribution is 0.181. The summed E-state index contributed by atoms with van der Waals surface area (Å²) in [6.07, 6.45) is 1.86. The van der Waals surface area contributed by atoms with Gasteiger partial charge >= 0.3 is 0 Å². The van der Waals surface area contributed by atoms with Crippen molar-refractivity contribution < 1.29 is 9.52 Å². The Morgan fingerprint density at radius 2 is 1.96 bits per heavy atom. The Morgan fingerprint density at radius 3 is 2.69 bits per heavy atom. The number of aliphatic hydroxyl groups is 1. The van der Waals surface area contributed by atoms with Gasteiger partial charge in [0.25, 0.3) is 0 Å². The van der Waals surface area contributed by atoms with Crippen molar-refractivity contribution in [1.29, 1.82) is 0 Å². The number of thiophene rings is 1. The second-order valence-electron chi connectivity index (χ2n) is 5.81. The number of aliphatic hydroxyl groups excluding tert-OH is 1. The second-order valence-corrected chi connectivity index (χ2v) is 6.84. The zero-order valence-electron chi connectivity index (χ0n) is 14.5. The van der Waals surface area contributed by atoms with Gasteiger partial charge in [0, 0.05) is 24.4 Å². The lowest BCUT2D eigenvalue weighted by Crippen LogP contribution is -2.40. The molecule has 0 aliphatic rings. The predicted octanol–water partition coefficient (Wildman–Crippen LogP) is 3.35. The maximum Gasteiger partial charge on any atom is 0.191 e. The van der Waals surface area contributed by atoms with Crippen LogP contribution in [0.4, 0.5) is 0 Å². The quantitative estimate of drug-likeness (QED) is 0.421. The summed E-state index contributed by atoms with van der Waals surface area (Å²) in [5, 5.41) is 18.9. The van der Waals surface area contributed by atoms with Crippen molar-refractivity contribution in [3.63, 3.8) is 0 Å². The maximum absolute atomic E-state index is 10.3. The Kier molecular flexibility index (Phi) is 6.87. The molecule has 1 atom stereocenters. The van der Waals surface area contributed by atoms with E-state index >= 15 is 0 Å². The van der Waals surface area contributed by atoms with E-state index in [0.29, 0.717) is 25.6 Å². The monoisotopic (exact) mass is 369 g/mol. The number of nitrogens with zero attached hydrogens (tertiary/aromatic N) is 1. The molecule has 5 nitrogen and oxygen atoms in total. The standard InChI is InChI=1S/C20H23N3O2S/c24-19(16-6-2-1-3-7-16)15-23-20(22-14-18-9-5-13-26-18)21-11-10-17-8-4-12-25-17/h1-9,12-13,19,24H,10-11,14-15H2,(H2,21,22,23). The number of aliphatic imine (C=N–C) groups is 1. The summed E-state index contributed by atoms with van der Waals surface area (Å²) in [6.45, 7) is 1.70. The molecule has 0 saturated carbocycles. The van der Waals surface area contributed by atoms with E-state index in [9.17, 15) is 5.11 Å². The second kappa shape index (κ2) is 9.79. The molecular formula is C20H23N3O2S. The average molecular weight is 369 g/mol. The number of rotatable bonds is 8. The van der Waals surface area contributed by atoms with Crippen molar-refractivity contribution in [2.45, 2.75) is 19.1 Å². The molecule has 3 aromatic rings. The summed E-state index contributed by atoms with van der Waals surface area (Å²) in [6, 6.07) is 17.5. The highest BCUT2D eigenvalue weighted by atomic mass is 32.1. The van der Waals surface area contributed by atoms with Gasteiger partial charge in [-0.2, -0.15) is 0 Å². The summed E-state index contributed by atoms with van der Waals surface area (Å²) >= 11 is 1.68. The zero-order valence-corrected chi connectivity index (χ0v) is 15.3. The number of benzene rings is 1. The molecule has 0 fully saturated rings. The maximum atomic E-state index is 10.3. The fourth-order valence-corrected chi connectivity index (χ4v) is 3.11. The molecular weight excluding hydrogens is 346 g/mol. The van der Waals surface area contributed by atoms with Gasteiger partial charge < -0.3 is 20.2 Å². The van der Waals surface area contributed by atoms with Gasteiger partial charge in [0.1, 0.15) is 5.76 Å². The van der Waals surface area contributed by atoms with Gasteiger partial charge in [-0.3, -0.25) is 0 Å². The topological polar surface area (TPSA) is 69.8 Å². The molecule has 1 aromatic carbocycles. The summed E-state index contributed by atoms with van der Waals surface area (Å²) < 4.78 is 5.35. The molecule has 2 aromatic heterocycles. The van der Waals surface area contributed by atoms with Crippen molar-refractivity contribution in [3.8, 4) is 0 Å². The molecule has 2 heterocycles. The number of hydrogen-bond donors (Lipinski definition) is 3. The SMILES string of the molecule is OC(CNC(=NCc1cccs1)NCCc1ccco1)c1ccccc1. The molecule has 0 aliphatic carbocycles. The molecule has 1 unspecified atom stereocenters. The Bertz CT molecular complexity index is 771. The third kappa shape index (κ3) is 5.75. The third-order valence-electron chi connectivity index (χ3n) is 3.86. The van der Waals surface area contributed by atoms with E-state index in [0.717, 1.165) is 17.7 Å². The first-order valence-corrected chi connectivity index (χ1v) is 9.49. The molecule has 0 spiro atoms. The smallest absolute Gasteiger partial charge is 0.191 e. The Balaban J connectivity index is 1.55. The first-order chi connectivity index (χ1) is 12.8. The lowest BCUT2D eigenvalue weighted by Gasteiger charge is -2.16. The first kappa shape index (κ1) is 18.2. The van der Waals surface area contributed by atoms with E-state index in [1.54, 1.807) is 17.6 Å². The van der Waals surface area contributed by atoms with Gasteiger partial charge in [-0.15, -0.1) is 11.3 Å². The zero-order chi connectivity index (χ0) is 18.0. The average Bonchev–Trinajstić information content (AvgIpc) is 3.38. The van der Waals surface area contributed by atoms with Crippen LogP contribution in [-0.2, 0) is 13.0 Å². The predicted molar refractivity (Wildman–Crippen MR) is 105 cm³/mol. The Labute approximate surface area is 157 Å². The Hall–Kier alpha value is -2.57. The molecule has 0 bridgehead atoms. The van der Waals surface area contributed by atoms with Crippen molar-refractivity contribution in [3.05, 3.63) is 82.4 Å². The van der Waals surface area contributed by atoms with Gasteiger partial charge in [0.15, 0.2) is 5.96 Å². The van der Waals surface area contributed by atoms with E-state index in [2.05, 4.69) is 21.7 Å². The minimum Gasteiger partial charge on any atom is -0.469 e. The van der Waals surface area contributed by atoms with Crippen molar-refractivity contribution in [2.24, 2.45) is 4.99 Å². The molecule has 0 radical (unpaired) electrons. The largest absolute Gasteiger partial charge is 0.469 e. The highest BCUT2D eigenvalue weighted by Gasteiger charge is 2.08. The normalized spacial score (nSPS) is 12.7. The van der Waals surface area contributed by atoms with Crippen molar-refractivity contribution in [1.82, 2.24) is 10.6 Å². The highest BCUT2D eigenvalue weighted by Crippen LogP contribution is 2.11. The van der Waals surface area contributed by atoms with Gasteiger partial charge in [0.05, 0.1) is 18.9 Å². The van der Waals surface area contributed by atoms with Crippen LogP contribution in [0, 0.1) is 0 Å². The summed E-state index contributed by atoms with van der Waals surface area (Å²) in [7, 11) is 0. The summed E-state index contributed by atoms with van der Waals surface area (Å²) in [4.78, 5) is 5.81. The van der Waals surface area contributed by atoms with Gasteiger partial charge in [-0.25, -0.2) is 4.99 Å². The fourth-order valence-electron chi connectivity index (χ4n) is 2.48. The van der Waals surface area contributed by atoms with Crippen LogP contribution < -0.4 is 10.6 Å². The molecule has 3 N–H and O–H groups in total. The van der Waals surface area contributed by atoms with E-state index in [1.165, 1.54) is 4.88 Å². The highest BCUT2D eigenvalue weighted by molar-refractivity contribution is 7.09. The number of hydrogen-bond acceptors (Lipinski definition) is 4. The first-order valence-electron chi connectivity index (χ1n) is 8.61. The van der Waals surface area contributed by atoms with Crippen LogP contribution in [0.1, 0.15) is 22.3 Å². The molecule has 0 aliphatic heterocycles. The van der Waals surface area contributed by atoms with E-state index in [1.807, 2.05) is 53.9 Å². The number of furan rings is 1. The van der Waals surface area contributed by atoms with Gasteiger partial charge in [0.2, 0.25) is 0 Å². The number of nitrogens with one attached hydrogen (secondary N) is 2. The van der Waals surface area contributed by atoms with E-state index in [-0.39, 0.29) is 0 Å². The van der Waals surface area contributed by atoms with Gasteiger partial charge in [-0.05, 0) is 29.1 Å². The lowest BCUT2D eigenvalue weighted by atomic mass is 10.1. The molecule has 26 heavy (non-hydrogen) atoms. The minimum absolute atomic E-state index is 0.390. The van der Waals surface area contributed by atoms with Crippen LogP contribution in [0.3, 0.4) is 0 Å². The van der Waals surface area contributed by atoms with Crippen LogP contribution >= 0.6 is 11.3 Å². The van der Waals surface area contributed by atoms with Crippen molar-refractivity contribution >= 4 is 17.3 Å². The van der Waals surface area contributed by atoms with Crippen LogP contribution in [0.25, 0.3) is 0 Å². The third-order valence-corrected chi connectivity index (χ3v) is 4.73. The van der Waals surface area contributed by atoms with Crippen LogP contribution in [0.15, 0.2) is 75.7 Å². The van der Waals surface area contributed by atoms with E-state index < -0.39 is 6.10 Å².